The predicted octanol–water partition coefficient (Wildman–Crippen LogP) is 6.35. The molecule has 0 aliphatic heterocycles. The molecule has 28 heavy (non-hydrogen) atoms. The van der Waals surface area contributed by atoms with E-state index in [0.717, 1.165) is 35.6 Å². The molecule has 0 radical (unpaired) electrons. The number of ketones is 1. The molecule has 1 heterocycles. The molecule has 0 saturated carbocycles. The molecular weight excluding hydrogens is 350 g/mol. The van der Waals surface area contributed by atoms with Gasteiger partial charge in [0.1, 0.15) is 11.5 Å². The molecule has 3 rings (SSSR count). The minimum atomic E-state index is 0.255. The van der Waals surface area contributed by atoms with Crippen molar-refractivity contribution >= 4 is 5.78 Å². The Balaban J connectivity index is 0.000000329. The zero-order valence-corrected chi connectivity index (χ0v) is 17.6. The lowest BCUT2D eigenvalue weighted by atomic mass is 10.1. The molecule has 150 valence electrons. The van der Waals surface area contributed by atoms with E-state index in [-0.39, 0.29) is 5.78 Å². The van der Waals surface area contributed by atoms with Crippen LogP contribution in [0.15, 0.2) is 65.1 Å². The molecule has 0 N–H and O–H groups in total. The van der Waals surface area contributed by atoms with Gasteiger partial charge in [0, 0.05) is 38.2 Å². The van der Waals surface area contributed by atoms with E-state index in [0.29, 0.717) is 12.3 Å². The highest BCUT2D eigenvalue weighted by molar-refractivity contribution is 5.76. The minimum Gasteiger partial charge on any atom is -0.440 e. The molecule has 1 aromatic heterocycles. The molecule has 4 nitrogen and oxygen atoms in total. The van der Waals surface area contributed by atoms with Gasteiger partial charge in [0.2, 0.25) is 0 Å². The molecule has 0 amide bonds. The van der Waals surface area contributed by atoms with Crippen LogP contribution in [0.3, 0.4) is 0 Å². The lowest BCUT2D eigenvalue weighted by molar-refractivity contribution is -0.116. The molecule has 4 heteroatoms. The number of ether oxygens (including phenoxy) is 1. The van der Waals surface area contributed by atoms with E-state index in [2.05, 4.69) is 11.9 Å². The largest absolute Gasteiger partial charge is 0.440 e. The highest BCUT2D eigenvalue weighted by atomic mass is 16.5. The van der Waals surface area contributed by atoms with Gasteiger partial charge < -0.3 is 13.9 Å². The van der Waals surface area contributed by atoms with Gasteiger partial charge >= 0.3 is 0 Å². The Hall–Kier alpha value is -2.72. The summed E-state index contributed by atoms with van der Waals surface area (Å²) in [7, 11) is 1.71. The van der Waals surface area contributed by atoms with E-state index >= 15 is 0 Å². The molecule has 0 atom stereocenters. The van der Waals surface area contributed by atoms with Crippen molar-refractivity contribution in [2.45, 2.75) is 40.5 Å². The summed E-state index contributed by atoms with van der Waals surface area (Å²) in [6.45, 7) is 8.28. The van der Waals surface area contributed by atoms with Crippen molar-refractivity contribution in [3.05, 3.63) is 66.6 Å². The first-order valence-corrected chi connectivity index (χ1v) is 9.60. The fourth-order valence-corrected chi connectivity index (χ4v) is 2.21. The Morgan fingerprint density at radius 2 is 1.46 bits per heavy atom. The first-order valence-electron chi connectivity index (χ1n) is 9.60. The second kappa shape index (κ2) is 13.4. The lowest BCUT2D eigenvalue weighted by Gasteiger charge is -2.00. The van der Waals surface area contributed by atoms with Gasteiger partial charge in [-0.1, -0.05) is 74.5 Å². The number of Topliss-reactive ketones (excluding diaryl/α,β-unsaturated/α-hetero) is 1. The topological polar surface area (TPSA) is 52.3 Å². The molecule has 0 fully saturated rings. The Morgan fingerprint density at radius 1 is 0.964 bits per heavy atom. The quantitative estimate of drug-likeness (QED) is 0.517. The second-order valence-electron chi connectivity index (χ2n) is 6.19. The summed E-state index contributed by atoms with van der Waals surface area (Å²) in [6, 6.07) is 20.2. The Kier molecular flexibility index (Phi) is 11.2. The zero-order chi connectivity index (χ0) is 20.8. The summed E-state index contributed by atoms with van der Waals surface area (Å²) < 4.78 is 10.4. The number of oxazole rings is 1. The van der Waals surface area contributed by atoms with Gasteiger partial charge in [-0.05, 0) is 13.3 Å². The molecule has 0 spiro atoms. The van der Waals surface area contributed by atoms with Crippen molar-refractivity contribution in [2.75, 3.05) is 13.7 Å². The van der Waals surface area contributed by atoms with Crippen LogP contribution in [0, 0.1) is 6.92 Å². The van der Waals surface area contributed by atoms with Crippen molar-refractivity contribution in [2.24, 2.45) is 0 Å². The number of benzene rings is 2. The average molecular weight is 382 g/mol. The van der Waals surface area contributed by atoms with Crippen molar-refractivity contribution in [1.29, 1.82) is 0 Å². The maximum Gasteiger partial charge on any atom is 0.192 e. The summed E-state index contributed by atoms with van der Waals surface area (Å²) in [5, 5.41) is 0. The molecule has 0 aliphatic carbocycles. The average Bonchev–Trinajstić information content (AvgIpc) is 3.12. The lowest BCUT2D eigenvalue weighted by Crippen LogP contribution is -1.81. The van der Waals surface area contributed by atoms with Gasteiger partial charge in [0.15, 0.2) is 11.7 Å². The number of hydrogen-bond donors (Lipinski definition) is 0. The number of methoxy groups -OCH3 is 1. The van der Waals surface area contributed by atoms with Crippen LogP contribution in [0.2, 0.25) is 0 Å². The first kappa shape index (κ1) is 23.3. The number of carbonyl (C=O) groups is 1. The summed E-state index contributed by atoms with van der Waals surface area (Å²) in [5.74, 6) is 1.78. The summed E-state index contributed by atoms with van der Waals surface area (Å²) in [5.41, 5.74) is 3.03. The molecule has 0 bridgehead atoms. The normalized spacial score (nSPS) is 9.61. The number of aromatic nitrogens is 1. The standard InChI is InChI=1S/C16H13NO.C4H10O.C4H8O/c1-12-17-15(13-8-4-2-5-9-13)16(18-12)14-10-6-3-7-11-14;1-3-4-5-2;1-3-4(2)5/h2-11H,1H3;3-4H2,1-2H3;3H2,1-2H3. The summed E-state index contributed by atoms with van der Waals surface area (Å²) in [4.78, 5) is 14.3. The van der Waals surface area contributed by atoms with E-state index in [9.17, 15) is 4.79 Å². The summed E-state index contributed by atoms with van der Waals surface area (Å²) >= 11 is 0. The SMILES string of the molecule is CCC(C)=O.CCCOC.Cc1nc(-c2ccccc2)c(-c2ccccc2)o1. The van der Waals surface area contributed by atoms with Gasteiger partial charge in [-0.3, -0.25) is 0 Å². The van der Waals surface area contributed by atoms with Crippen LogP contribution in [0.25, 0.3) is 22.6 Å². The smallest absolute Gasteiger partial charge is 0.192 e. The van der Waals surface area contributed by atoms with E-state index in [1.165, 1.54) is 0 Å². The maximum atomic E-state index is 9.81. The highest BCUT2D eigenvalue weighted by Crippen LogP contribution is 2.32. The second-order valence-corrected chi connectivity index (χ2v) is 6.19. The first-order chi connectivity index (χ1) is 13.5. The maximum absolute atomic E-state index is 9.81. The van der Waals surface area contributed by atoms with E-state index < -0.39 is 0 Å². The van der Waals surface area contributed by atoms with Gasteiger partial charge in [-0.25, -0.2) is 4.98 Å². The van der Waals surface area contributed by atoms with Crippen molar-refractivity contribution in [3.63, 3.8) is 0 Å². The Labute approximate surface area is 168 Å². The predicted molar refractivity (Wildman–Crippen MR) is 115 cm³/mol. The molecule has 3 aromatic rings. The fraction of sp³-hybridized carbons (Fsp3) is 0.333. The van der Waals surface area contributed by atoms with Gasteiger partial charge in [0.05, 0.1) is 0 Å². The van der Waals surface area contributed by atoms with Crippen LogP contribution in [-0.4, -0.2) is 24.5 Å². The monoisotopic (exact) mass is 381 g/mol. The molecule has 0 saturated heterocycles. The highest BCUT2D eigenvalue weighted by Gasteiger charge is 2.14. The molecule has 2 aromatic carbocycles. The third kappa shape index (κ3) is 8.31. The molecule has 0 aliphatic rings. The number of aryl methyl sites for hydroxylation is 1. The number of carbonyl (C=O) groups excluding carboxylic acids is 1. The fourth-order valence-electron chi connectivity index (χ4n) is 2.21. The van der Waals surface area contributed by atoms with Gasteiger partial charge in [0.25, 0.3) is 0 Å². The summed E-state index contributed by atoms with van der Waals surface area (Å²) in [6.07, 6.45) is 1.79. The van der Waals surface area contributed by atoms with Gasteiger partial charge in [-0.2, -0.15) is 0 Å². The number of nitrogens with zero attached hydrogens (tertiary/aromatic N) is 1. The Bertz CT molecular complexity index is 736. The van der Waals surface area contributed by atoms with Crippen LogP contribution in [0.5, 0.6) is 0 Å². The van der Waals surface area contributed by atoms with E-state index in [4.69, 9.17) is 9.15 Å². The van der Waals surface area contributed by atoms with Crippen molar-refractivity contribution in [1.82, 2.24) is 4.98 Å². The van der Waals surface area contributed by atoms with Crippen LogP contribution < -0.4 is 0 Å². The minimum absolute atomic E-state index is 0.255. The third-order valence-electron chi connectivity index (χ3n) is 3.72. The Morgan fingerprint density at radius 3 is 1.86 bits per heavy atom. The number of hydrogen-bond acceptors (Lipinski definition) is 4. The molecular formula is C24H31NO3. The van der Waals surface area contributed by atoms with Crippen LogP contribution in [0.1, 0.15) is 39.5 Å². The van der Waals surface area contributed by atoms with E-state index in [1.54, 1.807) is 14.0 Å². The number of rotatable bonds is 5. The van der Waals surface area contributed by atoms with Gasteiger partial charge in [-0.15, -0.1) is 0 Å². The van der Waals surface area contributed by atoms with Crippen molar-refractivity contribution < 1.29 is 13.9 Å². The zero-order valence-electron chi connectivity index (χ0n) is 17.6. The van der Waals surface area contributed by atoms with Crippen LogP contribution in [-0.2, 0) is 9.53 Å². The van der Waals surface area contributed by atoms with E-state index in [1.807, 2.05) is 74.5 Å². The van der Waals surface area contributed by atoms with Crippen LogP contribution in [0.4, 0.5) is 0 Å². The third-order valence-corrected chi connectivity index (χ3v) is 3.72. The van der Waals surface area contributed by atoms with Crippen molar-refractivity contribution in [3.8, 4) is 22.6 Å². The molecule has 0 unspecified atom stereocenters. The van der Waals surface area contributed by atoms with Crippen LogP contribution >= 0.6 is 0 Å².